The Morgan fingerprint density at radius 2 is 2.09 bits per heavy atom. The van der Waals surface area contributed by atoms with E-state index in [2.05, 4.69) is 57.0 Å². The second kappa shape index (κ2) is 9.81. The third-order valence-corrected chi connectivity index (χ3v) is 4.11. The number of hydrogen-bond donors (Lipinski definition) is 2. The summed E-state index contributed by atoms with van der Waals surface area (Å²) >= 11 is 1.67. The lowest BCUT2D eigenvalue weighted by molar-refractivity contribution is 0.669. The molecule has 2 N–H and O–H groups in total. The minimum Gasteiger partial charge on any atom is -0.350 e. The molecule has 0 spiro atoms. The third-order valence-electron chi connectivity index (χ3n) is 3.24. The van der Waals surface area contributed by atoms with E-state index in [-0.39, 0.29) is 24.0 Å². The van der Waals surface area contributed by atoms with Crippen LogP contribution in [0.3, 0.4) is 0 Å². The first-order valence-electron chi connectivity index (χ1n) is 7.39. The predicted octanol–water partition coefficient (Wildman–Crippen LogP) is 2.36. The fourth-order valence-electron chi connectivity index (χ4n) is 1.89. The molecule has 2 heterocycles. The summed E-state index contributed by atoms with van der Waals surface area (Å²) in [5.41, 5.74) is 1.14. The van der Waals surface area contributed by atoms with Gasteiger partial charge in [-0.25, -0.2) is 4.98 Å². The molecule has 0 amide bonds. The van der Waals surface area contributed by atoms with Gasteiger partial charge in [0.25, 0.3) is 0 Å². The molecule has 7 nitrogen and oxygen atoms in total. The third kappa shape index (κ3) is 5.72. The minimum atomic E-state index is 0. The van der Waals surface area contributed by atoms with Crippen LogP contribution in [0.1, 0.15) is 43.2 Å². The highest BCUT2D eigenvalue weighted by Crippen LogP contribution is 2.17. The van der Waals surface area contributed by atoms with Gasteiger partial charge in [0, 0.05) is 19.0 Å². The minimum absolute atomic E-state index is 0. The molecule has 9 heteroatoms. The molecule has 0 radical (unpaired) electrons. The number of halogens is 1. The number of hydrogen-bond acceptors (Lipinski definition) is 5. The summed E-state index contributed by atoms with van der Waals surface area (Å²) in [5, 5.41) is 17.7. The Morgan fingerprint density at radius 3 is 2.70 bits per heavy atom. The molecule has 2 aromatic rings. The van der Waals surface area contributed by atoms with Crippen LogP contribution in [0.4, 0.5) is 0 Å². The maximum absolute atomic E-state index is 4.60. The van der Waals surface area contributed by atoms with Gasteiger partial charge >= 0.3 is 0 Å². The van der Waals surface area contributed by atoms with E-state index in [1.807, 2.05) is 4.57 Å². The Bertz CT molecular complexity index is 620. The lowest BCUT2D eigenvalue weighted by atomic mass is 10.2. The predicted molar refractivity (Wildman–Crippen MR) is 104 cm³/mol. The summed E-state index contributed by atoms with van der Waals surface area (Å²) in [6, 6.07) is 0. The zero-order valence-corrected chi connectivity index (χ0v) is 17.1. The summed E-state index contributed by atoms with van der Waals surface area (Å²) in [6.45, 7) is 8.47. The molecule has 0 atom stereocenters. The fraction of sp³-hybridized carbons (Fsp3) is 0.571. The zero-order valence-electron chi connectivity index (χ0n) is 13.9. The normalized spacial score (nSPS) is 11.4. The summed E-state index contributed by atoms with van der Waals surface area (Å²) < 4.78 is 2.00. The summed E-state index contributed by atoms with van der Waals surface area (Å²) in [4.78, 5) is 8.81. The summed E-state index contributed by atoms with van der Waals surface area (Å²) in [5.74, 6) is 2.08. The second-order valence-corrected chi connectivity index (χ2v) is 6.08. The first-order chi connectivity index (χ1) is 10.6. The second-order valence-electron chi connectivity index (χ2n) is 5.13. The molecule has 0 aliphatic carbocycles. The van der Waals surface area contributed by atoms with Gasteiger partial charge in [0.1, 0.15) is 11.3 Å². The summed E-state index contributed by atoms with van der Waals surface area (Å²) in [7, 11) is 1.75. The average molecular weight is 449 g/mol. The Hall–Kier alpha value is -1.23. The zero-order chi connectivity index (χ0) is 15.9. The Labute approximate surface area is 158 Å². The van der Waals surface area contributed by atoms with Crippen LogP contribution in [-0.4, -0.2) is 32.8 Å². The molecular formula is C14H24IN7S. The smallest absolute Gasteiger partial charge is 0.191 e. The molecular weight excluding hydrogens is 425 g/mol. The van der Waals surface area contributed by atoms with E-state index < -0.39 is 0 Å². The molecule has 0 bridgehead atoms. The number of guanidine groups is 1. The molecule has 0 aliphatic rings. The number of nitrogens with zero attached hydrogens (tertiary/aromatic N) is 5. The van der Waals surface area contributed by atoms with E-state index in [1.54, 1.807) is 24.7 Å². The average Bonchev–Trinajstić information content (AvgIpc) is 3.16. The first kappa shape index (κ1) is 19.8. The van der Waals surface area contributed by atoms with Crippen LogP contribution < -0.4 is 10.6 Å². The molecule has 2 aromatic heterocycles. The van der Waals surface area contributed by atoms with Crippen molar-refractivity contribution in [2.24, 2.45) is 4.99 Å². The van der Waals surface area contributed by atoms with Crippen molar-refractivity contribution in [1.29, 1.82) is 0 Å². The maximum atomic E-state index is 4.60. The van der Waals surface area contributed by atoms with Crippen LogP contribution in [0.5, 0.6) is 0 Å². The molecule has 0 saturated heterocycles. The van der Waals surface area contributed by atoms with Gasteiger partial charge in [-0.15, -0.1) is 45.5 Å². The Kier molecular flexibility index (Phi) is 8.45. The van der Waals surface area contributed by atoms with E-state index in [0.29, 0.717) is 19.0 Å². The highest BCUT2D eigenvalue weighted by Gasteiger charge is 2.07. The molecule has 0 fully saturated rings. The Morgan fingerprint density at radius 1 is 1.35 bits per heavy atom. The van der Waals surface area contributed by atoms with Crippen LogP contribution in [-0.2, 0) is 19.6 Å². The van der Waals surface area contributed by atoms with E-state index in [9.17, 15) is 0 Å². The number of aromatic nitrogens is 4. The highest BCUT2D eigenvalue weighted by atomic mass is 127. The van der Waals surface area contributed by atoms with Crippen LogP contribution in [0.2, 0.25) is 0 Å². The quantitative estimate of drug-likeness (QED) is 0.402. The van der Waals surface area contributed by atoms with Crippen LogP contribution in [0.25, 0.3) is 0 Å². The number of rotatable bonds is 6. The van der Waals surface area contributed by atoms with Gasteiger partial charge in [-0.2, -0.15) is 0 Å². The topological polar surface area (TPSA) is 80.0 Å². The largest absolute Gasteiger partial charge is 0.350 e. The van der Waals surface area contributed by atoms with E-state index in [1.165, 1.54) is 0 Å². The van der Waals surface area contributed by atoms with Crippen molar-refractivity contribution in [3.8, 4) is 0 Å². The number of aryl methyl sites for hydroxylation is 1. The van der Waals surface area contributed by atoms with Crippen molar-refractivity contribution in [2.75, 3.05) is 7.05 Å². The van der Waals surface area contributed by atoms with Gasteiger partial charge in [-0.1, -0.05) is 13.8 Å². The number of nitrogens with one attached hydrogen (secondary N) is 2. The van der Waals surface area contributed by atoms with Crippen molar-refractivity contribution in [3.63, 3.8) is 0 Å². The molecule has 0 aliphatic heterocycles. The molecule has 2 rings (SSSR count). The van der Waals surface area contributed by atoms with Crippen LogP contribution in [0, 0.1) is 0 Å². The SMILES string of the molecule is CCn1cnnc1CNC(=NC)NCc1nc(C(C)C)cs1.I. The number of aliphatic imine (C=N–C) groups is 1. The highest BCUT2D eigenvalue weighted by molar-refractivity contribution is 14.0. The summed E-state index contributed by atoms with van der Waals surface area (Å²) in [6.07, 6.45) is 1.73. The molecule has 23 heavy (non-hydrogen) atoms. The lowest BCUT2D eigenvalue weighted by Gasteiger charge is -2.10. The molecule has 128 valence electrons. The van der Waals surface area contributed by atoms with Crippen molar-refractivity contribution in [3.05, 3.63) is 28.2 Å². The van der Waals surface area contributed by atoms with E-state index in [0.717, 1.165) is 29.0 Å². The van der Waals surface area contributed by atoms with Gasteiger partial charge in [-0.3, -0.25) is 4.99 Å². The fourth-order valence-corrected chi connectivity index (χ4v) is 2.79. The molecule has 0 saturated carbocycles. The van der Waals surface area contributed by atoms with Crippen molar-refractivity contribution < 1.29 is 0 Å². The van der Waals surface area contributed by atoms with E-state index >= 15 is 0 Å². The van der Waals surface area contributed by atoms with Gasteiger partial charge in [-0.05, 0) is 12.8 Å². The van der Waals surface area contributed by atoms with Gasteiger partial charge in [0.15, 0.2) is 11.8 Å². The van der Waals surface area contributed by atoms with Crippen LogP contribution >= 0.6 is 35.3 Å². The van der Waals surface area contributed by atoms with Crippen LogP contribution in [0.15, 0.2) is 16.7 Å². The maximum Gasteiger partial charge on any atom is 0.191 e. The van der Waals surface area contributed by atoms with E-state index in [4.69, 9.17) is 0 Å². The van der Waals surface area contributed by atoms with Crippen molar-refractivity contribution >= 4 is 41.3 Å². The standard InChI is InChI=1S/C14H23N7S.HI/c1-5-21-9-18-20-12(21)6-16-14(15-4)17-7-13-19-11(8-22-13)10(2)3;/h8-10H,5-7H2,1-4H3,(H2,15,16,17);1H. The lowest BCUT2D eigenvalue weighted by Crippen LogP contribution is -2.37. The van der Waals surface area contributed by atoms with Gasteiger partial charge < -0.3 is 15.2 Å². The van der Waals surface area contributed by atoms with Crippen molar-refractivity contribution in [2.45, 2.75) is 46.3 Å². The van der Waals surface area contributed by atoms with Crippen molar-refractivity contribution in [1.82, 2.24) is 30.4 Å². The molecule has 0 unspecified atom stereocenters. The Balaban J connectivity index is 0.00000264. The monoisotopic (exact) mass is 449 g/mol. The van der Waals surface area contributed by atoms with Gasteiger partial charge in [0.05, 0.1) is 18.8 Å². The number of thiazole rings is 1. The molecule has 0 aromatic carbocycles. The first-order valence-corrected chi connectivity index (χ1v) is 8.27. The van der Waals surface area contributed by atoms with Gasteiger partial charge in [0.2, 0.25) is 0 Å².